The first-order chi connectivity index (χ1) is 7.82. The summed E-state index contributed by atoms with van der Waals surface area (Å²) in [6.07, 6.45) is 0.162. The molecule has 0 unspecified atom stereocenters. The summed E-state index contributed by atoms with van der Waals surface area (Å²) in [4.78, 5) is 31.1. The number of nitro benzene ring substituents is 2. The van der Waals surface area contributed by atoms with E-state index in [2.05, 4.69) is 0 Å². The van der Waals surface area contributed by atoms with Crippen molar-refractivity contribution in [3.05, 3.63) is 42.5 Å². The lowest BCUT2D eigenvalue weighted by Gasteiger charge is -2.08. The molecule has 7 heteroatoms. The van der Waals surface area contributed by atoms with Crippen LogP contribution in [0.4, 0.5) is 11.4 Å². The Morgan fingerprint density at radius 2 is 1.24 bits per heavy atom. The highest BCUT2D eigenvalue weighted by Crippen LogP contribution is 2.36. The Hall–Kier alpha value is -2.31. The number of nitro groups is 2. The number of rotatable bonds is 3. The second-order valence-corrected chi connectivity index (χ2v) is 3.62. The third-order valence-electron chi connectivity index (χ3n) is 2.83. The molecule has 1 aromatic carbocycles. The van der Waals surface area contributed by atoms with Gasteiger partial charge in [-0.2, -0.15) is 0 Å². The van der Waals surface area contributed by atoms with Gasteiger partial charge in [0.1, 0.15) is 0 Å². The molecule has 0 spiro atoms. The molecule has 1 aromatic rings. The Morgan fingerprint density at radius 3 is 1.47 bits per heavy atom. The molecule has 90 valence electrons. The first-order valence-corrected chi connectivity index (χ1v) is 4.70. The maximum absolute atomic E-state index is 10.9. The summed E-state index contributed by atoms with van der Waals surface area (Å²) < 4.78 is 0. The summed E-state index contributed by atoms with van der Waals surface area (Å²) >= 11 is 0. The Bertz CT molecular complexity index is 495. The summed E-state index contributed by atoms with van der Waals surface area (Å²) in [7, 11) is 0. The molecule has 0 atom stereocenters. The molecule has 0 bridgehead atoms. The number of nitrogens with zero attached hydrogens (tertiary/aromatic N) is 2. The van der Waals surface area contributed by atoms with Crippen LogP contribution in [0.15, 0.2) is 0 Å². The maximum atomic E-state index is 10.9. The molecule has 17 heavy (non-hydrogen) atoms. The van der Waals surface area contributed by atoms with Crippen LogP contribution in [-0.2, 0) is 0 Å². The van der Waals surface area contributed by atoms with Crippen LogP contribution in [0.1, 0.15) is 27.0 Å². The molecule has 0 aliphatic heterocycles. The fourth-order valence-corrected chi connectivity index (χ4v) is 1.73. The van der Waals surface area contributed by atoms with E-state index in [0.29, 0.717) is 5.56 Å². The lowest BCUT2D eigenvalue weighted by Crippen LogP contribution is -2.07. The molecule has 0 aliphatic carbocycles. The van der Waals surface area contributed by atoms with Crippen LogP contribution in [0.3, 0.4) is 0 Å². The Balaban J connectivity index is 3.91. The van der Waals surface area contributed by atoms with Gasteiger partial charge in [-0.3, -0.25) is 25.0 Å². The van der Waals surface area contributed by atoms with Gasteiger partial charge in [0.15, 0.2) is 11.8 Å². The summed E-state index contributed by atoms with van der Waals surface area (Å²) in [5.41, 5.74) is -0.445. The number of carbonyl (C=O) groups is 1. The monoisotopic (exact) mass is 238 g/mol. The van der Waals surface area contributed by atoms with E-state index in [1.807, 2.05) is 0 Å². The maximum Gasteiger partial charge on any atom is 0.290 e. The normalized spacial score (nSPS) is 10.1. The quantitative estimate of drug-likeness (QED) is 0.456. The molecule has 0 N–H and O–H groups in total. The van der Waals surface area contributed by atoms with Crippen LogP contribution in [0, 0.1) is 41.0 Å². The van der Waals surface area contributed by atoms with E-state index in [4.69, 9.17) is 0 Å². The van der Waals surface area contributed by atoms with E-state index >= 15 is 0 Å². The van der Waals surface area contributed by atoms with Crippen molar-refractivity contribution in [3.63, 3.8) is 0 Å². The van der Waals surface area contributed by atoms with Crippen molar-refractivity contribution < 1.29 is 14.6 Å². The van der Waals surface area contributed by atoms with E-state index in [1.165, 1.54) is 13.8 Å². The highest BCUT2D eigenvalue weighted by atomic mass is 16.6. The second kappa shape index (κ2) is 4.28. The van der Waals surface area contributed by atoms with Crippen LogP contribution < -0.4 is 0 Å². The number of hydrogen-bond acceptors (Lipinski definition) is 5. The van der Waals surface area contributed by atoms with Gasteiger partial charge in [0.2, 0.25) is 0 Å². The van der Waals surface area contributed by atoms with Gasteiger partial charge < -0.3 is 0 Å². The zero-order valence-corrected chi connectivity index (χ0v) is 9.51. The van der Waals surface area contributed by atoms with Gasteiger partial charge in [0.05, 0.1) is 9.85 Å². The summed E-state index contributed by atoms with van der Waals surface area (Å²) in [5.74, 6) is 0. The van der Waals surface area contributed by atoms with Crippen LogP contribution in [0.5, 0.6) is 0 Å². The topological polar surface area (TPSA) is 103 Å². The number of aldehydes is 1. The zero-order valence-electron chi connectivity index (χ0n) is 9.51. The van der Waals surface area contributed by atoms with Crippen molar-refractivity contribution in [1.82, 2.24) is 0 Å². The number of carbonyl (C=O) groups excluding carboxylic acids is 1. The molecule has 0 aliphatic rings. The van der Waals surface area contributed by atoms with Crippen LogP contribution in [0.2, 0.25) is 0 Å². The van der Waals surface area contributed by atoms with E-state index in [0.717, 1.165) is 0 Å². The van der Waals surface area contributed by atoms with Gasteiger partial charge in [-0.25, -0.2) is 0 Å². The van der Waals surface area contributed by atoms with Gasteiger partial charge in [-0.15, -0.1) is 0 Å². The summed E-state index contributed by atoms with van der Waals surface area (Å²) in [5, 5.41) is 21.7. The average Bonchev–Trinajstić information content (AvgIpc) is 2.23. The SMILES string of the molecule is Cc1c(C)c([N+](=O)[O-])c(C=O)c([N+](=O)[O-])c1C. The molecular weight excluding hydrogens is 228 g/mol. The molecular formula is C10H10N2O5. The molecule has 7 nitrogen and oxygen atoms in total. The molecule has 0 saturated heterocycles. The molecule has 0 aromatic heterocycles. The minimum Gasteiger partial charge on any atom is -0.297 e. The van der Waals surface area contributed by atoms with E-state index < -0.39 is 26.8 Å². The van der Waals surface area contributed by atoms with Crippen LogP contribution in [-0.4, -0.2) is 16.1 Å². The number of benzene rings is 1. The van der Waals surface area contributed by atoms with Crippen LogP contribution in [0.25, 0.3) is 0 Å². The van der Waals surface area contributed by atoms with Crippen molar-refractivity contribution in [2.24, 2.45) is 0 Å². The fourth-order valence-electron chi connectivity index (χ4n) is 1.73. The van der Waals surface area contributed by atoms with Crippen LogP contribution >= 0.6 is 0 Å². The second-order valence-electron chi connectivity index (χ2n) is 3.62. The number of hydrogen-bond donors (Lipinski definition) is 0. The Kier molecular flexibility index (Phi) is 3.21. The van der Waals surface area contributed by atoms with E-state index in [-0.39, 0.29) is 17.4 Å². The van der Waals surface area contributed by atoms with Crippen molar-refractivity contribution in [3.8, 4) is 0 Å². The van der Waals surface area contributed by atoms with Crippen molar-refractivity contribution in [2.45, 2.75) is 20.8 Å². The molecule has 0 radical (unpaired) electrons. The minimum atomic E-state index is -0.765. The predicted octanol–water partition coefficient (Wildman–Crippen LogP) is 2.24. The standard InChI is InChI=1S/C10H10N2O5/c1-5-6(2)9(11(14)15)8(4-13)10(7(5)3)12(16)17/h4H,1-3H3. The van der Waals surface area contributed by atoms with Gasteiger partial charge in [-0.1, -0.05) is 0 Å². The third kappa shape index (κ3) is 1.86. The van der Waals surface area contributed by atoms with Crippen molar-refractivity contribution >= 4 is 17.7 Å². The Morgan fingerprint density at radius 1 is 0.882 bits per heavy atom. The average molecular weight is 238 g/mol. The van der Waals surface area contributed by atoms with E-state index in [1.54, 1.807) is 6.92 Å². The van der Waals surface area contributed by atoms with Gasteiger partial charge in [0, 0.05) is 11.1 Å². The highest BCUT2D eigenvalue weighted by molar-refractivity contribution is 5.90. The van der Waals surface area contributed by atoms with Gasteiger partial charge in [-0.05, 0) is 26.3 Å². The summed E-state index contributed by atoms with van der Waals surface area (Å²) in [6, 6.07) is 0. The smallest absolute Gasteiger partial charge is 0.290 e. The largest absolute Gasteiger partial charge is 0.297 e. The Labute approximate surface area is 96.4 Å². The molecule has 1 rings (SSSR count). The predicted molar refractivity (Wildman–Crippen MR) is 59.3 cm³/mol. The third-order valence-corrected chi connectivity index (χ3v) is 2.83. The molecule has 0 fully saturated rings. The van der Waals surface area contributed by atoms with Gasteiger partial charge >= 0.3 is 0 Å². The van der Waals surface area contributed by atoms with Gasteiger partial charge in [0.25, 0.3) is 11.4 Å². The molecule has 0 saturated carbocycles. The van der Waals surface area contributed by atoms with Crippen molar-refractivity contribution in [1.29, 1.82) is 0 Å². The fraction of sp³-hybridized carbons (Fsp3) is 0.300. The first-order valence-electron chi connectivity index (χ1n) is 4.70. The lowest BCUT2D eigenvalue weighted by molar-refractivity contribution is -0.395. The zero-order chi connectivity index (χ0) is 13.3. The molecule has 0 amide bonds. The van der Waals surface area contributed by atoms with E-state index in [9.17, 15) is 25.0 Å². The summed E-state index contributed by atoms with van der Waals surface area (Å²) in [6.45, 7) is 4.49. The minimum absolute atomic E-state index is 0.162. The highest BCUT2D eigenvalue weighted by Gasteiger charge is 2.31. The van der Waals surface area contributed by atoms with Crippen molar-refractivity contribution in [2.75, 3.05) is 0 Å². The molecule has 0 heterocycles. The lowest BCUT2D eigenvalue weighted by atomic mass is 9.96. The first kappa shape index (κ1) is 12.8.